The molecule has 0 aromatic heterocycles. The molecule has 6 heteroatoms. The number of halogens is 1. The lowest BCUT2D eigenvalue weighted by Crippen LogP contribution is -2.21. The van der Waals surface area contributed by atoms with E-state index in [2.05, 4.69) is 41.4 Å². The summed E-state index contributed by atoms with van der Waals surface area (Å²) in [5.74, 6) is 0.163. The SMILES string of the molecule is CCN(CC)c1ccc(/C=N\NC(=O)c2ccccc2OCc2ccc(Cl)cc2)cc1. The van der Waals surface area contributed by atoms with Gasteiger partial charge in [0.15, 0.2) is 0 Å². The number of hydrogen-bond donors (Lipinski definition) is 1. The molecule has 0 fully saturated rings. The molecular formula is C25H26ClN3O2. The Bertz CT molecular complexity index is 1010. The molecule has 0 atom stereocenters. The maximum absolute atomic E-state index is 12.6. The van der Waals surface area contributed by atoms with E-state index in [-0.39, 0.29) is 5.91 Å². The monoisotopic (exact) mass is 435 g/mol. The first-order valence-electron chi connectivity index (χ1n) is 10.3. The zero-order valence-corrected chi connectivity index (χ0v) is 18.5. The van der Waals surface area contributed by atoms with Crippen molar-refractivity contribution in [2.24, 2.45) is 5.10 Å². The van der Waals surface area contributed by atoms with Crippen LogP contribution in [0.25, 0.3) is 0 Å². The van der Waals surface area contributed by atoms with Gasteiger partial charge in [-0.2, -0.15) is 5.10 Å². The first kappa shape index (κ1) is 22.4. The molecular weight excluding hydrogens is 410 g/mol. The highest BCUT2D eigenvalue weighted by atomic mass is 35.5. The van der Waals surface area contributed by atoms with Gasteiger partial charge in [-0.1, -0.05) is 48.0 Å². The average molecular weight is 436 g/mol. The molecule has 3 aromatic rings. The molecule has 0 radical (unpaired) electrons. The van der Waals surface area contributed by atoms with Crippen LogP contribution in [0.3, 0.4) is 0 Å². The van der Waals surface area contributed by atoms with Crippen LogP contribution in [0.5, 0.6) is 5.75 Å². The van der Waals surface area contributed by atoms with E-state index in [0.29, 0.717) is 22.9 Å². The van der Waals surface area contributed by atoms with E-state index in [1.807, 2.05) is 42.5 Å². The predicted octanol–water partition coefficient (Wildman–Crippen LogP) is 5.53. The lowest BCUT2D eigenvalue weighted by Gasteiger charge is -2.20. The molecule has 1 N–H and O–H groups in total. The molecule has 3 aromatic carbocycles. The molecule has 0 saturated carbocycles. The largest absolute Gasteiger partial charge is 0.488 e. The van der Waals surface area contributed by atoms with Crippen LogP contribution in [0.4, 0.5) is 5.69 Å². The maximum Gasteiger partial charge on any atom is 0.275 e. The number of anilines is 1. The third-order valence-electron chi connectivity index (χ3n) is 4.84. The summed E-state index contributed by atoms with van der Waals surface area (Å²) in [4.78, 5) is 14.9. The summed E-state index contributed by atoms with van der Waals surface area (Å²) in [5, 5.41) is 4.76. The number of ether oxygens (including phenoxy) is 1. The zero-order chi connectivity index (χ0) is 22.1. The fourth-order valence-electron chi connectivity index (χ4n) is 3.11. The molecule has 0 unspecified atom stereocenters. The Morgan fingerprint density at radius 2 is 1.68 bits per heavy atom. The fraction of sp³-hybridized carbons (Fsp3) is 0.200. The number of carbonyl (C=O) groups excluding carboxylic acids is 1. The van der Waals surface area contributed by atoms with Crippen LogP contribution >= 0.6 is 11.6 Å². The molecule has 0 heterocycles. The van der Waals surface area contributed by atoms with Crippen LogP contribution in [-0.2, 0) is 6.61 Å². The number of nitrogens with zero attached hydrogens (tertiary/aromatic N) is 2. The van der Waals surface area contributed by atoms with Crippen LogP contribution in [0.15, 0.2) is 77.9 Å². The van der Waals surface area contributed by atoms with Gasteiger partial charge in [0.1, 0.15) is 12.4 Å². The van der Waals surface area contributed by atoms with Crippen LogP contribution in [0.2, 0.25) is 5.02 Å². The fourth-order valence-corrected chi connectivity index (χ4v) is 3.23. The smallest absolute Gasteiger partial charge is 0.275 e. The Labute approximate surface area is 188 Å². The number of nitrogens with one attached hydrogen (secondary N) is 1. The minimum absolute atomic E-state index is 0.331. The van der Waals surface area contributed by atoms with Gasteiger partial charge in [-0.15, -0.1) is 0 Å². The Hall–Kier alpha value is -3.31. The van der Waals surface area contributed by atoms with Crippen LogP contribution in [0, 0.1) is 0 Å². The van der Waals surface area contributed by atoms with Crippen molar-refractivity contribution < 1.29 is 9.53 Å². The molecule has 0 spiro atoms. The predicted molar refractivity (Wildman–Crippen MR) is 127 cm³/mol. The molecule has 0 aliphatic carbocycles. The highest BCUT2D eigenvalue weighted by molar-refractivity contribution is 6.30. The van der Waals surface area contributed by atoms with Gasteiger partial charge in [-0.05, 0) is 61.4 Å². The normalized spacial score (nSPS) is 10.8. The number of rotatable bonds is 9. The van der Waals surface area contributed by atoms with Gasteiger partial charge >= 0.3 is 0 Å². The quantitative estimate of drug-likeness (QED) is 0.355. The first-order valence-corrected chi connectivity index (χ1v) is 10.6. The minimum atomic E-state index is -0.331. The summed E-state index contributed by atoms with van der Waals surface area (Å²) in [6.07, 6.45) is 1.63. The molecule has 0 saturated heterocycles. The molecule has 5 nitrogen and oxygen atoms in total. The molecule has 0 aliphatic rings. The lowest BCUT2D eigenvalue weighted by molar-refractivity contribution is 0.0950. The summed E-state index contributed by atoms with van der Waals surface area (Å²) < 4.78 is 5.85. The molecule has 0 aliphatic heterocycles. The van der Waals surface area contributed by atoms with E-state index < -0.39 is 0 Å². The summed E-state index contributed by atoms with van der Waals surface area (Å²) in [7, 11) is 0. The number of carbonyl (C=O) groups is 1. The second-order valence-corrected chi connectivity index (χ2v) is 7.31. The van der Waals surface area contributed by atoms with Gasteiger partial charge in [-0.25, -0.2) is 5.43 Å². The number of hydrogen-bond acceptors (Lipinski definition) is 4. The van der Waals surface area contributed by atoms with Gasteiger partial charge in [0, 0.05) is 23.8 Å². The number of amides is 1. The standard InChI is InChI=1S/C25H26ClN3O2/c1-3-29(4-2)22-15-11-19(12-16-22)17-27-28-25(30)23-7-5-6-8-24(23)31-18-20-9-13-21(26)14-10-20/h5-17H,3-4,18H2,1-2H3,(H,28,30)/b27-17-. The third-order valence-corrected chi connectivity index (χ3v) is 5.09. The van der Waals surface area contributed by atoms with Crippen molar-refractivity contribution in [1.29, 1.82) is 0 Å². The van der Waals surface area contributed by atoms with Gasteiger partial charge in [0.05, 0.1) is 11.8 Å². The van der Waals surface area contributed by atoms with Crippen LogP contribution in [0.1, 0.15) is 35.3 Å². The molecule has 1 amide bonds. The van der Waals surface area contributed by atoms with Gasteiger partial charge in [0.25, 0.3) is 5.91 Å². The van der Waals surface area contributed by atoms with Crippen molar-refractivity contribution in [3.05, 3.63) is 94.5 Å². The minimum Gasteiger partial charge on any atom is -0.488 e. The summed E-state index contributed by atoms with van der Waals surface area (Å²) in [6, 6.07) is 22.5. The summed E-state index contributed by atoms with van der Waals surface area (Å²) >= 11 is 5.91. The highest BCUT2D eigenvalue weighted by Gasteiger charge is 2.11. The molecule has 3 rings (SSSR count). The second-order valence-electron chi connectivity index (χ2n) is 6.87. The van der Waals surface area contributed by atoms with E-state index in [1.54, 1.807) is 24.4 Å². The Kier molecular flexibility index (Phi) is 8.07. The van der Waals surface area contributed by atoms with E-state index in [4.69, 9.17) is 16.3 Å². The maximum atomic E-state index is 12.6. The highest BCUT2D eigenvalue weighted by Crippen LogP contribution is 2.20. The van der Waals surface area contributed by atoms with Crippen LogP contribution < -0.4 is 15.1 Å². The van der Waals surface area contributed by atoms with Crippen molar-refractivity contribution in [3.63, 3.8) is 0 Å². The lowest BCUT2D eigenvalue weighted by atomic mass is 10.2. The molecule has 31 heavy (non-hydrogen) atoms. The van der Waals surface area contributed by atoms with Crippen molar-refractivity contribution in [2.75, 3.05) is 18.0 Å². The Morgan fingerprint density at radius 1 is 1.00 bits per heavy atom. The summed E-state index contributed by atoms with van der Waals surface area (Å²) in [5.41, 5.74) is 6.03. The number of hydrazone groups is 1. The van der Waals surface area contributed by atoms with Crippen molar-refractivity contribution in [3.8, 4) is 5.75 Å². The molecule has 160 valence electrons. The van der Waals surface area contributed by atoms with Gasteiger partial charge in [-0.3, -0.25) is 4.79 Å². The molecule has 0 bridgehead atoms. The van der Waals surface area contributed by atoms with Gasteiger partial charge < -0.3 is 9.64 Å². The van der Waals surface area contributed by atoms with E-state index in [9.17, 15) is 4.79 Å². The average Bonchev–Trinajstić information content (AvgIpc) is 2.80. The topological polar surface area (TPSA) is 53.9 Å². The van der Waals surface area contributed by atoms with E-state index >= 15 is 0 Å². The van der Waals surface area contributed by atoms with Crippen LogP contribution in [-0.4, -0.2) is 25.2 Å². The Morgan fingerprint density at radius 3 is 2.35 bits per heavy atom. The zero-order valence-electron chi connectivity index (χ0n) is 17.7. The second kappa shape index (κ2) is 11.2. The summed E-state index contributed by atoms with van der Waals surface area (Å²) in [6.45, 7) is 6.51. The van der Waals surface area contributed by atoms with Gasteiger partial charge in [0.2, 0.25) is 0 Å². The van der Waals surface area contributed by atoms with E-state index in [1.165, 1.54) is 0 Å². The Balaban J connectivity index is 1.61. The first-order chi connectivity index (χ1) is 15.1. The van der Waals surface area contributed by atoms with Crippen molar-refractivity contribution >= 4 is 29.4 Å². The number of para-hydroxylation sites is 1. The van der Waals surface area contributed by atoms with Crippen molar-refractivity contribution in [1.82, 2.24) is 5.43 Å². The van der Waals surface area contributed by atoms with E-state index in [0.717, 1.165) is 29.9 Å². The number of benzene rings is 3. The third kappa shape index (κ3) is 6.33. The van der Waals surface area contributed by atoms with Crippen molar-refractivity contribution in [2.45, 2.75) is 20.5 Å².